The summed E-state index contributed by atoms with van der Waals surface area (Å²) < 4.78 is 26.5. The van der Waals surface area contributed by atoms with Gasteiger partial charge in [0.15, 0.2) is 15.1 Å². The van der Waals surface area contributed by atoms with Crippen LogP contribution in [0.25, 0.3) is 0 Å². The monoisotopic (exact) mass is 451 g/mol. The molecule has 26 heavy (non-hydrogen) atoms. The lowest BCUT2D eigenvalue weighted by Gasteiger charge is -2.14. The first-order chi connectivity index (χ1) is 12.3. The lowest BCUT2D eigenvalue weighted by Crippen LogP contribution is -2.27. The van der Waals surface area contributed by atoms with Gasteiger partial charge in [-0.05, 0) is 37.2 Å². The third-order valence-corrected chi connectivity index (χ3v) is 8.23. The Labute approximate surface area is 170 Å². The molecule has 1 aromatic carbocycles. The number of thiocarbonyl (C=S) groups is 1. The van der Waals surface area contributed by atoms with Crippen LogP contribution in [0.3, 0.4) is 0 Å². The second kappa shape index (κ2) is 7.87. The molecule has 2 heterocycles. The van der Waals surface area contributed by atoms with Crippen LogP contribution in [0.1, 0.15) is 12.8 Å². The van der Waals surface area contributed by atoms with Crippen LogP contribution in [0.2, 0.25) is 10.0 Å². The number of rotatable bonds is 4. The Morgan fingerprint density at radius 1 is 1.19 bits per heavy atom. The molecule has 1 aliphatic rings. The standard InChI is InChI=1S/C15H15Cl2N3O3S3/c16-9-4-3-5-10(12(9)17)18-15(24)19-11-8-25-14(13(11)21)26(22,23)20-6-1-2-7-20/h3-5,8,21H,1-2,6-7H2,(H2,18,19,24). The number of nitrogens with one attached hydrogen (secondary N) is 2. The van der Waals surface area contributed by atoms with Crippen molar-refractivity contribution in [3.05, 3.63) is 33.6 Å². The van der Waals surface area contributed by atoms with Crippen molar-refractivity contribution < 1.29 is 13.5 Å². The van der Waals surface area contributed by atoms with Gasteiger partial charge in [0.25, 0.3) is 10.0 Å². The van der Waals surface area contributed by atoms with Gasteiger partial charge in [-0.3, -0.25) is 0 Å². The van der Waals surface area contributed by atoms with Gasteiger partial charge in [-0.15, -0.1) is 11.3 Å². The largest absolute Gasteiger partial charge is 0.504 e. The molecule has 0 radical (unpaired) electrons. The number of thiophene rings is 1. The van der Waals surface area contributed by atoms with E-state index in [-0.39, 0.29) is 20.8 Å². The van der Waals surface area contributed by atoms with Crippen LogP contribution in [-0.2, 0) is 10.0 Å². The van der Waals surface area contributed by atoms with E-state index in [1.807, 2.05) is 0 Å². The molecule has 140 valence electrons. The second-order valence-corrected chi connectivity index (χ2v) is 9.78. The fourth-order valence-corrected chi connectivity index (χ4v) is 5.99. The van der Waals surface area contributed by atoms with E-state index < -0.39 is 10.0 Å². The molecule has 11 heteroatoms. The van der Waals surface area contributed by atoms with E-state index in [2.05, 4.69) is 10.6 Å². The first-order valence-corrected chi connectivity index (χ1v) is 11.1. The molecule has 0 amide bonds. The number of halogens is 2. The number of benzene rings is 1. The predicted molar refractivity (Wildman–Crippen MR) is 110 cm³/mol. The number of sulfonamides is 1. The summed E-state index contributed by atoms with van der Waals surface area (Å²) in [5, 5.41) is 18.3. The quantitative estimate of drug-likeness (QED) is 0.599. The smallest absolute Gasteiger partial charge is 0.256 e. The Bertz CT molecular complexity index is 941. The summed E-state index contributed by atoms with van der Waals surface area (Å²) in [6.45, 7) is 0.936. The first-order valence-electron chi connectivity index (χ1n) is 7.63. The molecule has 6 nitrogen and oxygen atoms in total. The summed E-state index contributed by atoms with van der Waals surface area (Å²) >= 11 is 18.2. The number of anilines is 2. The molecule has 2 aromatic rings. The molecule has 1 aromatic heterocycles. The fourth-order valence-electron chi connectivity index (χ4n) is 2.53. The van der Waals surface area contributed by atoms with E-state index in [0.717, 1.165) is 24.2 Å². The molecule has 3 N–H and O–H groups in total. The highest BCUT2D eigenvalue weighted by molar-refractivity contribution is 7.91. The topological polar surface area (TPSA) is 81.7 Å². The maximum Gasteiger partial charge on any atom is 0.256 e. The summed E-state index contributed by atoms with van der Waals surface area (Å²) in [7, 11) is -3.70. The van der Waals surface area contributed by atoms with Gasteiger partial charge in [-0.1, -0.05) is 29.3 Å². The molecule has 0 saturated carbocycles. The van der Waals surface area contributed by atoms with Crippen LogP contribution in [0.5, 0.6) is 5.75 Å². The van der Waals surface area contributed by atoms with Gasteiger partial charge in [0, 0.05) is 18.5 Å². The van der Waals surface area contributed by atoms with E-state index in [0.29, 0.717) is 28.8 Å². The van der Waals surface area contributed by atoms with Crippen molar-refractivity contribution in [3.63, 3.8) is 0 Å². The zero-order valence-corrected chi connectivity index (χ0v) is 17.3. The summed E-state index contributed by atoms with van der Waals surface area (Å²) in [6.07, 6.45) is 1.65. The highest BCUT2D eigenvalue weighted by atomic mass is 35.5. The average molecular weight is 452 g/mol. The second-order valence-electron chi connectivity index (χ2n) is 5.58. The number of nitrogens with zero attached hydrogens (tertiary/aromatic N) is 1. The number of aromatic hydroxyl groups is 1. The molecule has 3 rings (SSSR count). The van der Waals surface area contributed by atoms with Crippen molar-refractivity contribution >= 4 is 73.3 Å². The highest BCUT2D eigenvalue weighted by Gasteiger charge is 2.32. The minimum absolute atomic E-state index is 0.0921. The Kier molecular flexibility index (Phi) is 5.95. The highest BCUT2D eigenvalue weighted by Crippen LogP contribution is 2.40. The SMILES string of the molecule is O=S(=O)(c1scc(NC(=S)Nc2cccc(Cl)c2Cl)c1O)N1CCCC1. The van der Waals surface area contributed by atoms with Crippen molar-refractivity contribution in [2.75, 3.05) is 23.7 Å². The Hall–Kier alpha value is -1.10. The lowest BCUT2D eigenvalue weighted by molar-refractivity contribution is 0.451. The molecule has 0 atom stereocenters. The minimum Gasteiger partial charge on any atom is -0.504 e. The maximum absolute atomic E-state index is 12.6. The van der Waals surface area contributed by atoms with Crippen molar-refractivity contribution in [2.45, 2.75) is 17.1 Å². The van der Waals surface area contributed by atoms with Crippen molar-refractivity contribution in [2.24, 2.45) is 0 Å². The van der Waals surface area contributed by atoms with Crippen molar-refractivity contribution in [3.8, 4) is 5.75 Å². The molecular weight excluding hydrogens is 437 g/mol. The number of hydrogen-bond acceptors (Lipinski definition) is 5. The van der Waals surface area contributed by atoms with Gasteiger partial charge >= 0.3 is 0 Å². The Morgan fingerprint density at radius 2 is 1.85 bits per heavy atom. The van der Waals surface area contributed by atoms with Gasteiger partial charge in [-0.2, -0.15) is 4.31 Å². The van der Waals surface area contributed by atoms with E-state index in [1.54, 1.807) is 18.2 Å². The van der Waals surface area contributed by atoms with Crippen LogP contribution in [0.4, 0.5) is 11.4 Å². The molecule has 0 spiro atoms. The summed E-state index contributed by atoms with van der Waals surface area (Å²) in [4.78, 5) is 0. The molecular formula is C15H15Cl2N3O3S3. The van der Waals surface area contributed by atoms with Gasteiger partial charge in [0.1, 0.15) is 0 Å². The maximum atomic E-state index is 12.6. The fraction of sp³-hybridized carbons (Fsp3) is 0.267. The van der Waals surface area contributed by atoms with E-state index in [9.17, 15) is 13.5 Å². The van der Waals surface area contributed by atoms with Crippen LogP contribution >= 0.6 is 46.8 Å². The van der Waals surface area contributed by atoms with E-state index >= 15 is 0 Å². The van der Waals surface area contributed by atoms with Crippen LogP contribution in [0, 0.1) is 0 Å². The molecule has 0 aliphatic carbocycles. The van der Waals surface area contributed by atoms with Crippen molar-refractivity contribution in [1.82, 2.24) is 4.31 Å². The third kappa shape index (κ3) is 3.92. The van der Waals surface area contributed by atoms with Crippen LogP contribution in [-0.4, -0.2) is 36.0 Å². The number of hydrogen-bond donors (Lipinski definition) is 3. The zero-order chi connectivity index (χ0) is 18.9. The van der Waals surface area contributed by atoms with Gasteiger partial charge < -0.3 is 15.7 Å². The minimum atomic E-state index is -3.70. The Balaban J connectivity index is 1.76. The molecule has 1 aliphatic heterocycles. The molecule has 0 bridgehead atoms. The van der Waals surface area contributed by atoms with Crippen molar-refractivity contribution in [1.29, 1.82) is 0 Å². The van der Waals surface area contributed by atoms with Crippen LogP contribution < -0.4 is 10.6 Å². The van der Waals surface area contributed by atoms with Crippen LogP contribution in [0.15, 0.2) is 27.8 Å². The molecule has 1 saturated heterocycles. The van der Waals surface area contributed by atoms with E-state index in [1.165, 1.54) is 9.69 Å². The zero-order valence-electron chi connectivity index (χ0n) is 13.3. The summed E-state index contributed by atoms with van der Waals surface area (Å²) in [5.41, 5.74) is 0.708. The summed E-state index contributed by atoms with van der Waals surface area (Å²) in [5.74, 6) is -0.344. The lowest BCUT2D eigenvalue weighted by atomic mass is 10.3. The molecule has 1 fully saturated rings. The third-order valence-electron chi connectivity index (χ3n) is 3.82. The average Bonchev–Trinajstić information content (AvgIpc) is 3.23. The molecule has 0 unspecified atom stereocenters. The predicted octanol–water partition coefficient (Wildman–Crippen LogP) is 4.35. The normalized spacial score (nSPS) is 15.2. The van der Waals surface area contributed by atoms with Gasteiger partial charge in [-0.25, -0.2) is 8.42 Å². The van der Waals surface area contributed by atoms with Gasteiger partial charge in [0.2, 0.25) is 0 Å². The van der Waals surface area contributed by atoms with E-state index in [4.69, 9.17) is 35.4 Å². The summed E-state index contributed by atoms with van der Waals surface area (Å²) in [6, 6.07) is 5.05. The first kappa shape index (κ1) is 19.7. The Morgan fingerprint density at radius 3 is 2.54 bits per heavy atom. The van der Waals surface area contributed by atoms with Gasteiger partial charge in [0.05, 0.1) is 21.4 Å².